The van der Waals surface area contributed by atoms with E-state index in [4.69, 9.17) is 4.52 Å². The van der Waals surface area contributed by atoms with Gasteiger partial charge in [0.25, 0.3) is 0 Å². The number of carbonyl (C=O) groups excluding carboxylic acids is 1. The first kappa shape index (κ1) is 16.1. The van der Waals surface area contributed by atoms with Gasteiger partial charge in [0, 0.05) is 26.9 Å². The van der Waals surface area contributed by atoms with Crippen molar-refractivity contribution in [2.24, 2.45) is 22.2 Å². The molecule has 24 heavy (non-hydrogen) atoms. The summed E-state index contributed by atoms with van der Waals surface area (Å²) >= 11 is 0. The second-order valence-electron chi connectivity index (χ2n) is 9.62. The van der Waals surface area contributed by atoms with Crippen LogP contribution in [0.3, 0.4) is 0 Å². The summed E-state index contributed by atoms with van der Waals surface area (Å²) in [5, 5.41) is 3.94. The lowest BCUT2D eigenvalue weighted by Gasteiger charge is -2.65. The molecule has 4 saturated carbocycles. The molecule has 0 N–H and O–H groups in total. The molecule has 5 nitrogen and oxygen atoms in total. The molecular formula is C19H29N3O2. The van der Waals surface area contributed by atoms with Crippen LogP contribution in [0.25, 0.3) is 0 Å². The molecular weight excluding hydrogens is 302 g/mol. The van der Waals surface area contributed by atoms with Crippen molar-refractivity contribution in [2.45, 2.75) is 65.7 Å². The lowest BCUT2D eigenvalue weighted by molar-refractivity contribution is -0.178. The standard InChI is InChI=1S/C19H29N3O2/c1-13-20-15(21-24-13)5-6-22(4)16(23)19-9-14-7-17(2,11-19)10-18(3,8-14)12-19/h14H,5-12H2,1-4H3/t14?,17-,18+,19?. The van der Waals surface area contributed by atoms with E-state index >= 15 is 0 Å². The lowest BCUT2D eigenvalue weighted by atomic mass is 9.40. The number of hydrogen-bond donors (Lipinski definition) is 0. The molecule has 4 fully saturated rings. The summed E-state index contributed by atoms with van der Waals surface area (Å²) in [7, 11) is 1.94. The molecule has 1 aromatic heterocycles. The van der Waals surface area contributed by atoms with E-state index in [1.54, 1.807) is 6.92 Å². The van der Waals surface area contributed by atoms with E-state index in [-0.39, 0.29) is 5.41 Å². The minimum Gasteiger partial charge on any atom is -0.345 e. The number of amides is 1. The molecule has 4 aliphatic rings. The highest BCUT2D eigenvalue weighted by Gasteiger charge is 2.63. The Balaban J connectivity index is 1.49. The van der Waals surface area contributed by atoms with E-state index in [2.05, 4.69) is 24.0 Å². The van der Waals surface area contributed by atoms with Crippen LogP contribution in [-0.2, 0) is 11.2 Å². The van der Waals surface area contributed by atoms with E-state index in [1.807, 2.05) is 11.9 Å². The molecule has 4 aliphatic carbocycles. The second kappa shape index (κ2) is 5.06. The molecule has 0 aliphatic heterocycles. The van der Waals surface area contributed by atoms with E-state index in [0.717, 1.165) is 25.2 Å². The summed E-state index contributed by atoms with van der Waals surface area (Å²) in [5.74, 6) is 2.37. The van der Waals surface area contributed by atoms with E-state index in [1.165, 1.54) is 19.3 Å². The first-order valence-corrected chi connectivity index (χ1v) is 9.26. The van der Waals surface area contributed by atoms with E-state index in [9.17, 15) is 4.79 Å². The van der Waals surface area contributed by atoms with Crippen molar-refractivity contribution in [1.29, 1.82) is 0 Å². The van der Waals surface area contributed by atoms with Crippen LogP contribution in [0.5, 0.6) is 0 Å². The fourth-order valence-electron chi connectivity index (χ4n) is 6.90. The predicted octanol–water partition coefficient (Wildman–Crippen LogP) is 3.38. The Morgan fingerprint density at radius 3 is 2.42 bits per heavy atom. The maximum atomic E-state index is 13.4. The van der Waals surface area contributed by atoms with Gasteiger partial charge in [-0.15, -0.1) is 0 Å². The zero-order valence-corrected chi connectivity index (χ0v) is 15.4. The highest BCUT2D eigenvalue weighted by atomic mass is 16.5. The molecule has 132 valence electrons. The van der Waals surface area contributed by atoms with Crippen LogP contribution in [0.1, 0.15) is 64.1 Å². The number of aryl methyl sites for hydroxylation is 1. The van der Waals surface area contributed by atoms with Gasteiger partial charge in [0.15, 0.2) is 5.82 Å². The van der Waals surface area contributed by atoms with Crippen LogP contribution < -0.4 is 0 Å². The van der Waals surface area contributed by atoms with Crippen LogP contribution in [-0.4, -0.2) is 34.5 Å². The Labute approximate surface area is 144 Å². The van der Waals surface area contributed by atoms with Gasteiger partial charge in [0.05, 0.1) is 5.41 Å². The molecule has 5 rings (SSSR count). The summed E-state index contributed by atoms with van der Waals surface area (Å²) in [4.78, 5) is 19.5. The lowest BCUT2D eigenvalue weighted by Crippen LogP contribution is -2.60. The monoisotopic (exact) mass is 331 g/mol. The molecule has 0 radical (unpaired) electrons. The minimum absolute atomic E-state index is 0.120. The quantitative estimate of drug-likeness (QED) is 0.848. The van der Waals surface area contributed by atoms with Gasteiger partial charge in [-0.25, -0.2) is 0 Å². The van der Waals surface area contributed by atoms with Gasteiger partial charge in [0.2, 0.25) is 11.8 Å². The molecule has 4 atom stereocenters. The molecule has 4 bridgehead atoms. The number of rotatable bonds is 4. The molecule has 5 heteroatoms. The molecule has 2 unspecified atom stereocenters. The van der Waals surface area contributed by atoms with Gasteiger partial charge in [-0.2, -0.15) is 4.98 Å². The van der Waals surface area contributed by atoms with Crippen LogP contribution in [0.4, 0.5) is 0 Å². The van der Waals surface area contributed by atoms with Crippen molar-refractivity contribution < 1.29 is 9.32 Å². The van der Waals surface area contributed by atoms with Gasteiger partial charge < -0.3 is 9.42 Å². The average Bonchev–Trinajstić information content (AvgIpc) is 2.85. The number of aromatic nitrogens is 2. The van der Waals surface area contributed by atoms with Gasteiger partial charge >= 0.3 is 0 Å². The van der Waals surface area contributed by atoms with Crippen molar-refractivity contribution in [3.05, 3.63) is 11.7 Å². The maximum Gasteiger partial charge on any atom is 0.228 e. The van der Waals surface area contributed by atoms with Crippen molar-refractivity contribution in [2.75, 3.05) is 13.6 Å². The summed E-state index contributed by atoms with van der Waals surface area (Å²) in [6.45, 7) is 7.29. The average molecular weight is 331 g/mol. The smallest absolute Gasteiger partial charge is 0.228 e. The molecule has 1 aromatic rings. The summed E-state index contributed by atoms with van der Waals surface area (Å²) in [5.41, 5.74) is 0.621. The third kappa shape index (κ3) is 2.56. The summed E-state index contributed by atoms with van der Waals surface area (Å²) in [6, 6.07) is 0. The summed E-state index contributed by atoms with van der Waals surface area (Å²) in [6.07, 6.45) is 7.87. The summed E-state index contributed by atoms with van der Waals surface area (Å²) < 4.78 is 5.02. The fourth-order valence-corrected chi connectivity index (χ4v) is 6.90. The molecule has 0 aromatic carbocycles. The topological polar surface area (TPSA) is 59.2 Å². The van der Waals surface area contributed by atoms with Gasteiger partial charge in [-0.1, -0.05) is 19.0 Å². The third-order valence-corrected chi connectivity index (χ3v) is 6.67. The van der Waals surface area contributed by atoms with Crippen LogP contribution in [0.2, 0.25) is 0 Å². The normalized spacial score (nSPS) is 40.1. The minimum atomic E-state index is -0.120. The van der Waals surface area contributed by atoms with Crippen molar-refractivity contribution >= 4 is 5.91 Å². The second-order valence-corrected chi connectivity index (χ2v) is 9.62. The number of carbonyl (C=O) groups is 1. The Kier molecular flexibility index (Phi) is 3.39. The van der Waals surface area contributed by atoms with Crippen molar-refractivity contribution in [3.8, 4) is 0 Å². The predicted molar refractivity (Wildman–Crippen MR) is 90.2 cm³/mol. The Morgan fingerprint density at radius 1 is 1.21 bits per heavy atom. The number of likely N-dealkylation sites (N-methyl/N-ethyl adjacent to an activating group) is 1. The zero-order chi connectivity index (χ0) is 17.2. The first-order chi connectivity index (χ1) is 11.2. The van der Waals surface area contributed by atoms with E-state index in [0.29, 0.717) is 41.4 Å². The fraction of sp³-hybridized carbons (Fsp3) is 0.842. The Morgan fingerprint density at radius 2 is 1.88 bits per heavy atom. The van der Waals surface area contributed by atoms with Crippen LogP contribution >= 0.6 is 0 Å². The van der Waals surface area contributed by atoms with Crippen LogP contribution in [0.15, 0.2) is 4.52 Å². The number of hydrogen-bond acceptors (Lipinski definition) is 4. The van der Waals surface area contributed by atoms with Crippen LogP contribution in [0, 0.1) is 29.1 Å². The van der Waals surface area contributed by atoms with Crippen molar-refractivity contribution in [1.82, 2.24) is 15.0 Å². The first-order valence-electron chi connectivity index (χ1n) is 9.26. The molecule has 0 spiro atoms. The molecule has 1 heterocycles. The van der Waals surface area contributed by atoms with E-state index < -0.39 is 0 Å². The van der Waals surface area contributed by atoms with Gasteiger partial charge in [-0.05, 0) is 55.3 Å². The largest absolute Gasteiger partial charge is 0.345 e. The van der Waals surface area contributed by atoms with Gasteiger partial charge in [0.1, 0.15) is 0 Å². The highest BCUT2D eigenvalue weighted by Crippen LogP contribution is 2.69. The Hall–Kier alpha value is -1.39. The molecule has 1 amide bonds. The SMILES string of the molecule is Cc1nc(CCN(C)C(=O)C23CC4C[C@@](C)(C2)C[C@](C)(C4)C3)no1. The Bertz CT molecular complexity index is 649. The van der Waals surface area contributed by atoms with Gasteiger partial charge in [-0.3, -0.25) is 4.79 Å². The molecule has 0 saturated heterocycles. The zero-order valence-electron chi connectivity index (χ0n) is 15.4. The highest BCUT2D eigenvalue weighted by molar-refractivity contribution is 5.83. The maximum absolute atomic E-state index is 13.4. The number of nitrogens with zero attached hydrogens (tertiary/aromatic N) is 3. The third-order valence-electron chi connectivity index (χ3n) is 6.67. The van der Waals surface area contributed by atoms with Crippen molar-refractivity contribution in [3.63, 3.8) is 0 Å².